The van der Waals surface area contributed by atoms with Gasteiger partial charge in [-0.25, -0.2) is 4.79 Å². The van der Waals surface area contributed by atoms with E-state index in [4.69, 9.17) is 5.73 Å². The Balaban J connectivity index is 2.15. The monoisotopic (exact) mass is 248 g/mol. The van der Waals surface area contributed by atoms with Gasteiger partial charge in [0.2, 0.25) is 0 Å². The topological polar surface area (TPSA) is 62.5 Å². The quantitative estimate of drug-likeness (QED) is 0.871. The number of rotatable bonds is 4. The van der Waals surface area contributed by atoms with Crippen molar-refractivity contribution in [2.45, 2.75) is 25.4 Å². The molecule has 1 aromatic rings. The van der Waals surface area contributed by atoms with Gasteiger partial charge < -0.3 is 15.5 Å². The van der Waals surface area contributed by atoms with Crippen molar-refractivity contribution in [3.63, 3.8) is 0 Å². The SMILES string of the molecule is CC(CCN)N1CC(c2cccnc2)N(C)C1=O. The molecule has 2 atom stereocenters. The summed E-state index contributed by atoms with van der Waals surface area (Å²) in [6, 6.07) is 4.26. The van der Waals surface area contributed by atoms with E-state index in [-0.39, 0.29) is 18.1 Å². The maximum atomic E-state index is 12.2. The smallest absolute Gasteiger partial charge is 0.320 e. The summed E-state index contributed by atoms with van der Waals surface area (Å²) in [6.07, 6.45) is 4.40. The van der Waals surface area contributed by atoms with Crippen LogP contribution in [0.1, 0.15) is 24.9 Å². The first-order chi connectivity index (χ1) is 8.65. The van der Waals surface area contributed by atoms with E-state index >= 15 is 0 Å². The van der Waals surface area contributed by atoms with E-state index < -0.39 is 0 Å². The molecule has 0 aliphatic carbocycles. The molecule has 1 aromatic heterocycles. The van der Waals surface area contributed by atoms with Gasteiger partial charge in [-0.05, 0) is 31.5 Å². The average Bonchev–Trinajstić information content (AvgIpc) is 2.68. The van der Waals surface area contributed by atoms with Crippen LogP contribution in [0.3, 0.4) is 0 Å². The Hall–Kier alpha value is -1.62. The normalized spacial score (nSPS) is 21.5. The van der Waals surface area contributed by atoms with Crippen LogP contribution in [0.5, 0.6) is 0 Å². The third-order valence-electron chi connectivity index (χ3n) is 3.57. The molecule has 1 aliphatic heterocycles. The second kappa shape index (κ2) is 5.35. The lowest BCUT2D eigenvalue weighted by atomic mass is 10.1. The molecule has 2 heterocycles. The van der Waals surface area contributed by atoms with Gasteiger partial charge in [-0.15, -0.1) is 0 Å². The molecule has 1 aliphatic rings. The number of likely N-dealkylation sites (N-methyl/N-ethyl adjacent to an activating group) is 1. The fourth-order valence-electron chi connectivity index (χ4n) is 2.39. The van der Waals surface area contributed by atoms with E-state index in [9.17, 15) is 4.79 Å². The second-order valence-electron chi connectivity index (χ2n) is 4.77. The molecule has 0 radical (unpaired) electrons. The van der Waals surface area contributed by atoms with E-state index in [0.717, 1.165) is 12.0 Å². The van der Waals surface area contributed by atoms with Crippen molar-refractivity contribution in [1.29, 1.82) is 0 Å². The summed E-state index contributed by atoms with van der Waals surface area (Å²) in [5.74, 6) is 0. The van der Waals surface area contributed by atoms with Gasteiger partial charge in [0, 0.05) is 32.0 Å². The van der Waals surface area contributed by atoms with Crippen LogP contribution in [0.25, 0.3) is 0 Å². The third kappa shape index (κ3) is 2.31. The fourth-order valence-corrected chi connectivity index (χ4v) is 2.39. The molecule has 0 spiro atoms. The molecule has 0 saturated carbocycles. The number of urea groups is 1. The Labute approximate surface area is 108 Å². The van der Waals surface area contributed by atoms with Crippen molar-refractivity contribution in [3.05, 3.63) is 30.1 Å². The zero-order chi connectivity index (χ0) is 13.1. The number of hydrogen-bond acceptors (Lipinski definition) is 3. The van der Waals surface area contributed by atoms with Crippen molar-refractivity contribution in [2.75, 3.05) is 20.1 Å². The van der Waals surface area contributed by atoms with E-state index in [1.54, 1.807) is 11.1 Å². The highest BCUT2D eigenvalue weighted by molar-refractivity contribution is 5.77. The van der Waals surface area contributed by atoms with E-state index in [0.29, 0.717) is 13.1 Å². The average molecular weight is 248 g/mol. The van der Waals surface area contributed by atoms with Crippen molar-refractivity contribution in [3.8, 4) is 0 Å². The molecular formula is C13H20N4O. The Bertz CT molecular complexity index is 409. The first-order valence-corrected chi connectivity index (χ1v) is 6.28. The molecule has 2 amide bonds. The van der Waals surface area contributed by atoms with Crippen LogP contribution in [0.2, 0.25) is 0 Å². The molecule has 1 fully saturated rings. The van der Waals surface area contributed by atoms with Crippen LogP contribution in [0.4, 0.5) is 4.79 Å². The number of carbonyl (C=O) groups is 1. The molecule has 0 aromatic carbocycles. The number of hydrogen-bond donors (Lipinski definition) is 1. The van der Waals surface area contributed by atoms with Gasteiger partial charge in [0.25, 0.3) is 0 Å². The van der Waals surface area contributed by atoms with Crippen molar-refractivity contribution in [2.24, 2.45) is 5.73 Å². The van der Waals surface area contributed by atoms with Crippen LogP contribution in [0, 0.1) is 0 Å². The Morgan fingerprint density at radius 2 is 2.39 bits per heavy atom. The number of aromatic nitrogens is 1. The number of amides is 2. The highest BCUT2D eigenvalue weighted by atomic mass is 16.2. The van der Waals surface area contributed by atoms with Gasteiger partial charge in [-0.1, -0.05) is 6.07 Å². The molecule has 2 rings (SSSR count). The first kappa shape index (κ1) is 12.8. The van der Waals surface area contributed by atoms with E-state index in [2.05, 4.69) is 4.98 Å². The summed E-state index contributed by atoms with van der Waals surface area (Å²) in [5, 5.41) is 0. The molecule has 0 bridgehead atoms. The standard InChI is InChI=1S/C13H20N4O/c1-10(5-6-14)17-9-12(16(2)13(17)18)11-4-3-7-15-8-11/h3-4,7-8,10,12H,5-6,9,14H2,1-2H3. The lowest BCUT2D eigenvalue weighted by molar-refractivity contribution is 0.182. The summed E-state index contributed by atoms with van der Waals surface area (Å²) in [5.41, 5.74) is 6.64. The number of pyridine rings is 1. The summed E-state index contributed by atoms with van der Waals surface area (Å²) < 4.78 is 0. The molecule has 2 N–H and O–H groups in total. The summed E-state index contributed by atoms with van der Waals surface area (Å²) in [6.45, 7) is 3.36. The van der Waals surface area contributed by atoms with Crippen molar-refractivity contribution in [1.82, 2.24) is 14.8 Å². The van der Waals surface area contributed by atoms with Gasteiger partial charge >= 0.3 is 6.03 Å². The van der Waals surface area contributed by atoms with Gasteiger partial charge in [0.15, 0.2) is 0 Å². The van der Waals surface area contributed by atoms with Crippen LogP contribution in [-0.2, 0) is 0 Å². The predicted octanol–water partition coefficient (Wildman–Crippen LogP) is 1.23. The van der Waals surface area contributed by atoms with E-state index in [1.807, 2.05) is 37.2 Å². The predicted molar refractivity (Wildman–Crippen MR) is 70.0 cm³/mol. The lowest BCUT2D eigenvalue weighted by Crippen LogP contribution is -2.37. The first-order valence-electron chi connectivity index (χ1n) is 6.28. The maximum absolute atomic E-state index is 12.2. The summed E-state index contributed by atoms with van der Waals surface area (Å²) in [4.78, 5) is 20.0. The fraction of sp³-hybridized carbons (Fsp3) is 0.538. The van der Waals surface area contributed by atoms with Crippen LogP contribution >= 0.6 is 0 Å². The van der Waals surface area contributed by atoms with E-state index in [1.165, 1.54) is 0 Å². The number of carbonyl (C=O) groups excluding carboxylic acids is 1. The second-order valence-corrected chi connectivity index (χ2v) is 4.77. The zero-order valence-corrected chi connectivity index (χ0v) is 10.9. The summed E-state index contributed by atoms with van der Waals surface area (Å²) >= 11 is 0. The van der Waals surface area contributed by atoms with Crippen LogP contribution in [-0.4, -0.2) is 47.0 Å². The molecular weight excluding hydrogens is 228 g/mol. The molecule has 2 unspecified atom stereocenters. The largest absolute Gasteiger partial charge is 0.330 e. The Morgan fingerprint density at radius 3 is 3.00 bits per heavy atom. The zero-order valence-electron chi connectivity index (χ0n) is 10.9. The molecule has 18 heavy (non-hydrogen) atoms. The Kier molecular flexibility index (Phi) is 3.81. The van der Waals surface area contributed by atoms with Gasteiger partial charge in [-0.3, -0.25) is 4.98 Å². The van der Waals surface area contributed by atoms with Crippen molar-refractivity contribution >= 4 is 6.03 Å². The third-order valence-corrected chi connectivity index (χ3v) is 3.57. The van der Waals surface area contributed by atoms with Crippen LogP contribution in [0.15, 0.2) is 24.5 Å². The summed E-state index contributed by atoms with van der Waals surface area (Å²) in [7, 11) is 1.84. The molecule has 98 valence electrons. The lowest BCUT2D eigenvalue weighted by Gasteiger charge is -2.23. The maximum Gasteiger partial charge on any atom is 0.320 e. The van der Waals surface area contributed by atoms with Gasteiger partial charge in [-0.2, -0.15) is 0 Å². The molecule has 5 heteroatoms. The molecule has 1 saturated heterocycles. The highest BCUT2D eigenvalue weighted by Crippen LogP contribution is 2.29. The highest BCUT2D eigenvalue weighted by Gasteiger charge is 2.37. The van der Waals surface area contributed by atoms with Gasteiger partial charge in [0.05, 0.1) is 6.04 Å². The minimum absolute atomic E-state index is 0.0739. The number of nitrogens with two attached hydrogens (primary N) is 1. The molecule has 5 nitrogen and oxygen atoms in total. The van der Waals surface area contributed by atoms with Crippen LogP contribution < -0.4 is 5.73 Å². The minimum atomic E-state index is 0.0739. The van der Waals surface area contributed by atoms with Crippen molar-refractivity contribution < 1.29 is 4.79 Å². The Morgan fingerprint density at radius 1 is 1.61 bits per heavy atom. The number of nitrogens with zero attached hydrogens (tertiary/aromatic N) is 3. The minimum Gasteiger partial charge on any atom is -0.330 e. The van der Waals surface area contributed by atoms with Gasteiger partial charge in [0.1, 0.15) is 0 Å².